The summed E-state index contributed by atoms with van der Waals surface area (Å²) in [6.45, 7) is 1.43. The van der Waals surface area contributed by atoms with Gasteiger partial charge in [0.05, 0.1) is 5.25 Å². The van der Waals surface area contributed by atoms with Crippen LogP contribution < -0.4 is 5.73 Å². The third-order valence-corrected chi connectivity index (χ3v) is 5.72. The van der Waals surface area contributed by atoms with E-state index in [0.717, 1.165) is 5.56 Å². The number of nitrogens with two attached hydrogens (primary N) is 1. The van der Waals surface area contributed by atoms with Crippen molar-refractivity contribution in [2.45, 2.75) is 24.6 Å². The first-order valence-electron chi connectivity index (χ1n) is 6.37. The quantitative estimate of drug-likeness (QED) is 0.844. The van der Waals surface area contributed by atoms with Crippen molar-refractivity contribution in [2.24, 2.45) is 0 Å². The van der Waals surface area contributed by atoms with Crippen molar-refractivity contribution in [1.29, 1.82) is 0 Å². The third-order valence-electron chi connectivity index (χ3n) is 3.41. The highest BCUT2D eigenvalue weighted by Gasteiger charge is 2.31. The maximum absolute atomic E-state index is 12.4. The number of anilines is 1. The molecule has 1 aliphatic rings. The van der Waals surface area contributed by atoms with Crippen LogP contribution in [0.4, 0.5) is 5.69 Å². The topological polar surface area (TPSA) is 72.6 Å². The van der Waals surface area contributed by atoms with Gasteiger partial charge in [0, 0.05) is 32.5 Å². The summed E-state index contributed by atoms with van der Waals surface area (Å²) < 4.78 is 31.4. The lowest BCUT2D eigenvalue weighted by Crippen LogP contribution is -2.38. The van der Waals surface area contributed by atoms with Gasteiger partial charge in [0.25, 0.3) is 0 Å². The van der Waals surface area contributed by atoms with Crippen LogP contribution in [0, 0.1) is 0 Å². The standard InChI is InChI=1S/C13H20N2O3S/c1-15(10-11-2-4-12(14)5-3-11)19(16,17)13-6-8-18-9-7-13/h2-5,13H,6-10,14H2,1H3. The molecule has 1 aromatic rings. The van der Waals surface area contributed by atoms with E-state index in [9.17, 15) is 8.42 Å². The molecule has 0 atom stereocenters. The molecule has 106 valence electrons. The fourth-order valence-electron chi connectivity index (χ4n) is 2.20. The minimum Gasteiger partial charge on any atom is -0.399 e. The van der Waals surface area contributed by atoms with Gasteiger partial charge in [-0.2, -0.15) is 0 Å². The molecule has 1 heterocycles. The first-order chi connectivity index (χ1) is 9.00. The van der Waals surface area contributed by atoms with Crippen LogP contribution in [-0.4, -0.2) is 38.2 Å². The van der Waals surface area contributed by atoms with E-state index in [4.69, 9.17) is 10.5 Å². The fourth-order valence-corrected chi connectivity index (χ4v) is 3.82. The number of hydrogen-bond donors (Lipinski definition) is 1. The summed E-state index contributed by atoms with van der Waals surface area (Å²) in [6, 6.07) is 7.27. The van der Waals surface area contributed by atoms with Crippen LogP contribution in [0.25, 0.3) is 0 Å². The predicted molar refractivity (Wildman–Crippen MR) is 75.1 cm³/mol. The Kier molecular flexibility index (Phi) is 4.44. The second kappa shape index (κ2) is 5.90. The highest BCUT2D eigenvalue weighted by atomic mass is 32.2. The number of sulfonamides is 1. The maximum Gasteiger partial charge on any atom is 0.217 e. The van der Waals surface area contributed by atoms with E-state index < -0.39 is 10.0 Å². The Hall–Kier alpha value is -1.11. The van der Waals surface area contributed by atoms with E-state index in [1.807, 2.05) is 12.1 Å². The Morgan fingerprint density at radius 3 is 2.42 bits per heavy atom. The lowest BCUT2D eigenvalue weighted by atomic mass is 10.2. The van der Waals surface area contributed by atoms with Gasteiger partial charge in [0.2, 0.25) is 10.0 Å². The minimum atomic E-state index is -3.25. The Balaban J connectivity index is 2.05. The molecule has 5 nitrogen and oxygen atoms in total. The van der Waals surface area contributed by atoms with Crippen molar-refractivity contribution >= 4 is 15.7 Å². The number of nitrogens with zero attached hydrogens (tertiary/aromatic N) is 1. The van der Waals surface area contributed by atoms with Gasteiger partial charge in [-0.15, -0.1) is 0 Å². The van der Waals surface area contributed by atoms with E-state index in [-0.39, 0.29) is 5.25 Å². The third kappa shape index (κ3) is 3.46. The Bertz CT molecular complexity index is 507. The van der Waals surface area contributed by atoms with Gasteiger partial charge < -0.3 is 10.5 Å². The summed E-state index contributed by atoms with van der Waals surface area (Å²) in [6.07, 6.45) is 1.16. The molecule has 1 saturated heterocycles. The van der Waals surface area contributed by atoms with Gasteiger partial charge in [-0.25, -0.2) is 12.7 Å². The van der Waals surface area contributed by atoms with Gasteiger partial charge in [0.1, 0.15) is 0 Å². The Morgan fingerprint density at radius 1 is 1.26 bits per heavy atom. The molecule has 0 amide bonds. The predicted octanol–water partition coefficient (Wildman–Crippen LogP) is 1.21. The molecular formula is C13H20N2O3S. The summed E-state index contributed by atoms with van der Waals surface area (Å²) in [5.74, 6) is 0. The van der Waals surface area contributed by atoms with Crippen LogP contribution in [0.5, 0.6) is 0 Å². The van der Waals surface area contributed by atoms with E-state index in [1.165, 1.54) is 4.31 Å². The van der Waals surface area contributed by atoms with E-state index >= 15 is 0 Å². The average molecular weight is 284 g/mol. The molecule has 1 aliphatic heterocycles. The molecule has 0 bridgehead atoms. The fraction of sp³-hybridized carbons (Fsp3) is 0.538. The van der Waals surface area contributed by atoms with Crippen molar-refractivity contribution in [2.75, 3.05) is 26.0 Å². The van der Waals surface area contributed by atoms with Gasteiger partial charge in [0.15, 0.2) is 0 Å². The molecule has 19 heavy (non-hydrogen) atoms. The number of rotatable bonds is 4. The minimum absolute atomic E-state index is 0.319. The highest BCUT2D eigenvalue weighted by Crippen LogP contribution is 2.20. The first kappa shape index (κ1) is 14.3. The molecule has 0 aliphatic carbocycles. The van der Waals surface area contributed by atoms with Crippen LogP contribution >= 0.6 is 0 Å². The number of hydrogen-bond acceptors (Lipinski definition) is 4. The number of nitrogen functional groups attached to an aromatic ring is 1. The van der Waals surface area contributed by atoms with Crippen LogP contribution in [0.3, 0.4) is 0 Å². The molecule has 0 radical (unpaired) electrons. The summed E-state index contributed by atoms with van der Waals surface area (Å²) in [5.41, 5.74) is 7.23. The maximum atomic E-state index is 12.4. The van der Waals surface area contributed by atoms with Crippen molar-refractivity contribution in [3.05, 3.63) is 29.8 Å². The van der Waals surface area contributed by atoms with E-state index in [1.54, 1.807) is 19.2 Å². The summed E-state index contributed by atoms with van der Waals surface area (Å²) in [7, 11) is -1.62. The zero-order valence-electron chi connectivity index (χ0n) is 11.1. The Morgan fingerprint density at radius 2 is 1.84 bits per heavy atom. The average Bonchev–Trinajstić information content (AvgIpc) is 2.42. The van der Waals surface area contributed by atoms with E-state index in [2.05, 4.69) is 0 Å². The largest absolute Gasteiger partial charge is 0.399 e. The van der Waals surface area contributed by atoms with Crippen LogP contribution in [0.1, 0.15) is 18.4 Å². The molecule has 0 unspecified atom stereocenters. The summed E-state index contributed by atoms with van der Waals surface area (Å²) in [4.78, 5) is 0. The van der Waals surface area contributed by atoms with Crippen molar-refractivity contribution in [3.8, 4) is 0 Å². The zero-order chi connectivity index (χ0) is 13.9. The van der Waals surface area contributed by atoms with Crippen LogP contribution in [0.15, 0.2) is 24.3 Å². The van der Waals surface area contributed by atoms with E-state index in [0.29, 0.717) is 38.3 Å². The molecule has 2 N–H and O–H groups in total. The SMILES string of the molecule is CN(Cc1ccc(N)cc1)S(=O)(=O)C1CCOCC1. The molecule has 6 heteroatoms. The zero-order valence-corrected chi connectivity index (χ0v) is 11.9. The summed E-state index contributed by atoms with van der Waals surface area (Å²) in [5, 5.41) is -0.319. The number of benzene rings is 1. The van der Waals surface area contributed by atoms with Crippen molar-refractivity contribution < 1.29 is 13.2 Å². The molecular weight excluding hydrogens is 264 g/mol. The Labute approximate surface area is 114 Å². The number of ether oxygens (including phenoxy) is 1. The van der Waals surface area contributed by atoms with Gasteiger partial charge in [-0.3, -0.25) is 0 Å². The second-order valence-corrected chi connectivity index (χ2v) is 7.17. The van der Waals surface area contributed by atoms with Crippen LogP contribution in [-0.2, 0) is 21.3 Å². The molecule has 0 spiro atoms. The van der Waals surface area contributed by atoms with Crippen LogP contribution in [0.2, 0.25) is 0 Å². The molecule has 1 fully saturated rings. The first-order valence-corrected chi connectivity index (χ1v) is 7.88. The van der Waals surface area contributed by atoms with Crippen molar-refractivity contribution in [1.82, 2.24) is 4.31 Å². The molecule has 1 aromatic carbocycles. The normalized spacial score (nSPS) is 17.8. The lowest BCUT2D eigenvalue weighted by Gasteiger charge is -2.27. The molecule has 0 aromatic heterocycles. The van der Waals surface area contributed by atoms with Crippen molar-refractivity contribution in [3.63, 3.8) is 0 Å². The smallest absolute Gasteiger partial charge is 0.217 e. The lowest BCUT2D eigenvalue weighted by molar-refractivity contribution is 0.0973. The second-order valence-electron chi connectivity index (χ2n) is 4.85. The summed E-state index contributed by atoms with van der Waals surface area (Å²) >= 11 is 0. The molecule has 2 rings (SSSR count). The van der Waals surface area contributed by atoms with Gasteiger partial charge >= 0.3 is 0 Å². The molecule has 0 saturated carbocycles. The van der Waals surface area contributed by atoms with Gasteiger partial charge in [-0.1, -0.05) is 12.1 Å². The monoisotopic (exact) mass is 284 g/mol. The highest BCUT2D eigenvalue weighted by molar-refractivity contribution is 7.89. The van der Waals surface area contributed by atoms with Gasteiger partial charge in [-0.05, 0) is 30.5 Å².